The first kappa shape index (κ1) is 17.3. The van der Waals surface area contributed by atoms with Crippen LogP contribution < -0.4 is 5.73 Å². The van der Waals surface area contributed by atoms with Crippen LogP contribution in [0, 0.1) is 0 Å². The molecule has 0 aliphatic rings. The molecule has 0 spiro atoms. The summed E-state index contributed by atoms with van der Waals surface area (Å²) in [5.74, 6) is 0.972. The van der Waals surface area contributed by atoms with Crippen molar-refractivity contribution >= 4 is 0 Å². The van der Waals surface area contributed by atoms with Crippen LogP contribution in [0.4, 0.5) is 0 Å². The Bertz CT molecular complexity index is 770. The number of rotatable bonds is 9. The second-order valence-electron chi connectivity index (χ2n) is 5.77. The van der Waals surface area contributed by atoms with Crippen LogP contribution in [0.25, 0.3) is 0 Å². The van der Waals surface area contributed by atoms with Gasteiger partial charge in [-0.05, 0) is 5.56 Å². The van der Waals surface area contributed by atoms with E-state index in [0.717, 1.165) is 12.1 Å². The number of benzene rings is 1. The Morgan fingerprint density at radius 1 is 1.16 bits per heavy atom. The molecule has 0 unspecified atom stereocenters. The highest BCUT2D eigenvalue weighted by Crippen LogP contribution is 2.09. The Hall–Kier alpha value is -2.55. The third-order valence-electron chi connectivity index (χ3n) is 3.75. The normalized spacial score (nSPS) is 11.3. The minimum Gasteiger partial charge on any atom is -0.395 e. The molecule has 0 radical (unpaired) electrons. The Balaban J connectivity index is 1.62. The summed E-state index contributed by atoms with van der Waals surface area (Å²) >= 11 is 0. The Labute approximate surface area is 145 Å². The molecule has 2 aromatic heterocycles. The first-order valence-electron chi connectivity index (χ1n) is 8.17. The second-order valence-corrected chi connectivity index (χ2v) is 5.77. The number of aliphatic hydroxyl groups is 1. The second kappa shape index (κ2) is 8.52. The van der Waals surface area contributed by atoms with Crippen molar-refractivity contribution in [3.05, 3.63) is 65.6 Å². The highest BCUT2D eigenvalue weighted by molar-refractivity contribution is 5.15. The van der Waals surface area contributed by atoms with Crippen LogP contribution in [0.15, 0.2) is 47.2 Å². The zero-order valence-corrected chi connectivity index (χ0v) is 14.0. The summed E-state index contributed by atoms with van der Waals surface area (Å²) in [5.41, 5.74) is 7.74. The molecule has 3 rings (SSSR count). The largest absolute Gasteiger partial charge is 0.395 e. The first-order valence-corrected chi connectivity index (χ1v) is 8.17. The van der Waals surface area contributed by atoms with Crippen molar-refractivity contribution in [2.75, 3.05) is 13.2 Å². The van der Waals surface area contributed by atoms with Crippen LogP contribution in [0.1, 0.15) is 22.8 Å². The lowest BCUT2D eigenvalue weighted by Gasteiger charge is -2.18. The predicted molar refractivity (Wildman–Crippen MR) is 91.2 cm³/mol. The monoisotopic (exact) mass is 342 g/mol. The van der Waals surface area contributed by atoms with E-state index in [9.17, 15) is 5.11 Å². The molecule has 3 N–H and O–H groups in total. The maximum atomic E-state index is 9.30. The minimum atomic E-state index is 0.0553. The fourth-order valence-corrected chi connectivity index (χ4v) is 2.60. The van der Waals surface area contributed by atoms with Crippen molar-refractivity contribution in [1.29, 1.82) is 0 Å². The van der Waals surface area contributed by atoms with Gasteiger partial charge >= 0.3 is 0 Å². The van der Waals surface area contributed by atoms with Crippen LogP contribution in [0.5, 0.6) is 0 Å². The van der Waals surface area contributed by atoms with E-state index >= 15 is 0 Å². The number of hydrogen-bond donors (Lipinski definition) is 2. The van der Waals surface area contributed by atoms with Crippen LogP contribution in [-0.4, -0.2) is 43.1 Å². The van der Waals surface area contributed by atoms with Crippen molar-refractivity contribution in [2.45, 2.75) is 26.2 Å². The molecular weight excluding hydrogens is 320 g/mol. The zero-order valence-electron chi connectivity index (χ0n) is 14.0. The third kappa shape index (κ3) is 4.96. The SMILES string of the molecule is NCc1nc(CN(CCO)Cc2cnn(Cc3ccccc3)c2)no1. The van der Waals surface area contributed by atoms with Crippen molar-refractivity contribution in [2.24, 2.45) is 5.73 Å². The summed E-state index contributed by atoms with van der Waals surface area (Å²) in [6.45, 7) is 2.64. The maximum absolute atomic E-state index is 9.30. The third-order valence-corrected chi connectivity index (χ3v) is 3.75. The number of hydrogen-bond acceptors (Lipinski definition) is 7. The van der Waals surface area contributed by atoms with Gasteiger partial charge in [0.25, 0.3) is 0 Å². The molecule has 8 heteroatoms. The minimum absolute atomic E-state index is 0.0553. The zero-order chi connectivity index (χ0) is 17.5. The number of nitrogens with two attached hydrogens (primary N) is 1. The molecule has 3 aromatic rings. The lowest BCUT2D eigenvalue weighted by Crippen LogP contribution is -2.26. The number of nitrogens with zero attached hydrogens (tertiary/aromatic N) is 5. The van der Waals surface area contributed by atoms with E-state index in [1.165, 1.54) is 5.56 Å². The van der Waals surface area contributed by atoms with Gasteiger partial charge in [-0.25, -0.2) is 0 Å². The van der Waals surface area contributed by atoms with Gasteiger partial charge in [-0.1, -0.05) is 35.5 Å². The summed E-state index contributed by atoms with van der Waals surface area (Å²) in [5, 5.41) is 17.6. The van der Waals surface area contributed by atoms with Gasteiger partial charge in [-0.3, -0.25) is 9.58 Å². The van der Waals surface area contributed by atoms with Crippen molar-refractivity contribution < 1.29 is 9.63 Å². The molecule has 132 valence electrons. The smallest absolute Gasteiger partial charge is 0.240 e. The molecule has 2 heterocycles. The lowest BCUT2D eigenvalue weighted by molar-refractivity contribution is 0.179. The summed E-state index contributed by atoms with van der Waals surface area (Å²) in [4.78, 5) is 6.24. The highest BCUT2D eigenvalue weighted by Gasteiger charge is 2.12. The molecule has 0 aliphatic heterocycles. The van der Waals surface area contributed by atoms with Crippen molar-refractivity contribution in [3.63, 3.8) is 0 Å². The van der Waals surface area contributed by atoms with E-state index in [0.29, 0.717) is 31.3 Å². The van der Waals surface area contributed by atoms with Gasteiger partial charge < -0.3 is 15.4 Å². The molecule has 0 bridgehead atoms. The average Bonchev–Trinajstić information content (AvgIpc) is 3.25. The van der Waals surface area contributed by atoms with Gasteiger partial charge in [-0.15, -0.1) is 0 Å². The average molecular weight is 342 g/mol. The number of aliphatic hydroxyl groups excluding tert-OH is 1. The van der Waals surface area contributed by atoms with Crippen molar-refractivity contribution in [3.8, 4) is 0 Å². The van der Waals surface area contributed by atoms with E-state index in [4.69, 9.17) is 10.3 Å². The fraction of sp³-hybridized carbons (Fsp3) is 0.353. The van der Waals surface area contributed by atoms with Gasteiger partial charge in [0, 0.05) is 24.8 Å². The van der Waals surface area contributed by atoms with E-state index in [2.05, 4.69) is 27.4 Å². The van der Waals surface area contributed by atoms with E-state index in [1.54, 1.807) is 0 Å². The Kier molecular flexibility index (Phi) is 5.89. The molecule has 0 fully saturated rings. The first-order chi connectivity index (χ1) is 12.3. The summed E-state index contributed by atoms with van der Waals surface area (Å²) in [6.07, 6.45) is 3.85. The number of aromatic nitrogens is 4. The fourth-order valence-electron chi connectivity index (χ4n) is 2.60. The van der Waals surface area contributed by atoms with Crippen LogP contribution in [0.3, 0.4) is 0 Å². The highest BCUT2D eigenvalue weighted by atomic mass is 16.5. The van der Waals surface area contributed by atoms with E-state index in [1.807, 2.05) is 40.2 Å². The van der Waals surface area contributed by atoms with Gasteiger partial charge in [0.15, 0.2) is 5.82 Å². The van der Waals surface area contributed by atoms with Gasteiger partial charge in [0.1, 0.15) is 0 Å². The van der Waals surface area contributed by atoms with E-state index in [-0.39, 0.29) is 13.2 Å². The molecule has 0 amide bonds. The van der Waals surface area contributed by atoms with Crippen LogP contribution >= 0.6 is 0 Å². The quantitative estimate of drug-likeness (QED) is 0.591. The summed E-state index contributed by atoms with van der Waals surface area (Å²) in [7, 11) is 0. The molecular formula is C17H22N6O2. The van der Waals surface area contributed by atoms with E-state index < -0.39 is 0 Å². The van der Waals surface area contributed by atoms with Gasteiger partial charge in [0.05, 0.1) is 32.4 Å². The van der Waals surface area contributed by atoms with Crippen LogP contribution in [-0.2, 0) is 26.2 Å². The lowest BCUT2D eigenvalue weighted by atomic mass is 10.2. The maximum Gasteiger partial charge on any atom is 0.240 e. The Morgan fingerprint density at radius 3 is 2.72 bits per heavy atom. The summed E-state index contributed by atoms with van der Waals surface area (Å²) < 4.78 is 6.93. The Morgan fingerprint density at radius 2 is 2.00 bits per heavy atom. The standard InChI is InChI=1S/C17H22N6O2/c18-8-17-20-16(21-25-17)13-22(6-7-24)10-15-9-19-23(12-15)11-14-4-2-1-3-5-14/h1-5,9,12,24H,6-8,10-11,13,18H2. The predicted octanol–water partition coefficient (Wildman–Crippen LogP) is 0.768. The topological polar surface area (TPSA) is 106 Å². The molecule has 1 aromatic carbocycles. The van der Waals surface area contributed by atoms with Gasteiger partial charge in [0.2, 0.25) is 5.89 Å². The molecule has 0 saturated heterocycles. The van der Waals surface area contributed by atoms with Crippen LogP contribution in [0.2, 0.25) is 0 Å². The molecule has 0 aliphatic carbocycles. The van der Waals surface area contributed by atoms with Gasteiger partial charge in [-0.2, -0.15) is 10.1 Å². The molecule has 8 nitrogen and oxygen atoms in total. The molecule has 0 atom stereocenters. The van der Waals surface area contributed by atoms with Crippen molar-refractivity contribution in [1.82, 2.24) is 24.8 Å². The molecule has 25 heavy (non-hydrogen) atoms. The molecule has 0 saturated carbocycles. The summed E-state index contributed by atoms with van der Waals surface area (Å²) in [6, 6.07) is 10.2.